The van der Waals surface area contributed by atoms with E-state index >= 15 is 0 Å². The summed E-state index contributed by atoms with van der Waals surface area (Å²) in [5.74, 6) is 0.212. The second-order valence-electron chi connectivity index (χ2n) is 10.8. The van der Waals surface area contributed by atoms with Crippen molar-refractivity contribution in [2.75, 3.05) is 6.54 Å². The molecule has 6 nitrogen and oxygen atoms in total. The highest BCUT2D eigenvalue weighted by atomic mass is 19.1. The quantitative estimate of drug-likeness (QED) is 0.314. The summed E-state index contributed by atoms with van der Waals surface area (Å²) in [7, 11) is 0. The molecule has 2 heterocycles. The second-order valence-corrected chi connectivity index (χ2v) is 10.8. The Bertz CT molecular complexity index is 1420. The summed E-state index contributed by atoms with van der Waals surface area (Å²) in [6.07, 6.45) is 1.97. The zero-order chi connectivity index (χ0) is 28.2. The summed E-state index contributed by atoms with van der Waals surface area (Å²) >= 11 is 0. The molecule has 2 aliphatic heterocycles. The molecule has 1 unspecified atom stereocenters. The predicted octanol–water partition coefficient (Wildman–Crippen LogP) is 5.64. The number of carbonyl (C=O) groups is 3. The fraction of sp³-hybridized carbons (Fsp3) is 0.364. The molecule has 0 radical (unpaired) electrons. The number of rotatable bonds is 11. The van der Waals surface area contributed by atoms with Gasteiger partial charge in [-0.25, -0.2) is 4.39 Å². The van der Waals surface area contributed by atoms with Crippen LogP contribution in [0.15, 0.2) is 60.7 Å². The van der Waals surface area contributed by atoms with Crippen LogP contribution in [0.4, 0.5) is 4.39 Å². The van der Waals surface area contributed by atoms with E-state index in [4.69, 9.17) is 4.74 Å². The number of hydrogen-bond donors (Lipinski definition) is 0. The highest BCUT2D eigenvalue weighted by molar-refractivity contribution is 6.01. The van der Waals surface area contributed by atoms with Gasteiger partial charge in [0.15, 0.2) is 5.78 Å². The lowest BCUT2D eigenvalue weighted by Crippen LogP contribution is -2.40. The van der Waals surface area contributed by atoms with Crippen molar-refractivity contribution in [3.05, 3.63) is 99.9 Å². The topological polar surface area (TPSA) is 66.9 Å². The maximum Gasteiger partial charge on any atom is 0.255 e. The maximum atomic E-state index is 13.7. The highest BCUT2D eigenvalue weighted by Crippen LogP contribution is 2.33. The zero-order valence-electron chi connectivity index (χ0n) is 23.1. The maximum absolute atomic E-state index is 13.7. The lowest BCUT2D eigenvalue weighted by atomic mass is 9.99. The molecule has 3 aromatic carbocycles. The minimum Gasteiger partial charge on any atom is -0.489 e. The van der Waals surface area contributed by atoms with Crippen molar-refractivity contribution in [1.82, 2.24) is 9.80 Å². The fourth-order valence-corrected chi connectivity index (χ4v) is 5.65. The number of ether oxygens (including phenoxy) is 1. The molecule has 0 N–H and O–H groups in total. The molecule has 7 heteroatoms. The van der Waals surface area contributed by atoms with Crippen LogP contribution in [0.2, 0.25) is 0 Å². The average molecular weight is 543 g/mol. The Labute approximate surface area is 234 Å². The monoisotopic (exact) mass is 542 g/mol. The van der Waals surface area contributed by atoms with E-state index in [9.17, 15) is 18.8 Å². The van der Waals surface area contributed by atoms with Crippen LogP contribution in [-0.2, 0) is 42.3 Å². The first-order chi connectivity index (χ1) is 19.3. The van der Waals surface area contributed by atoms with E-state index in [2.05, 4.69) is 17.0 Å². The van der Waals surface area contributed by atoms with Gasteiger partial charge in [-0.2, -0.15) is 0 Å². The molecule has 0 fully saturated rings. The molecule has 3 aromatic rings. The molecule has 0 aromatic heterocycles. The van der Waals surface area contributed by atoms with E-state index in [0.717, 1.165) is 42.7 Å². The van der Waals surface area contributed by atoms with Gasteiger partial charge < -0.3 is 9.64 Å². The fourth-order valence-electron chi connectivity index (χ4n) is 5.65. The third-order valence-corrected chi connectivity index (χ3v) is 7.97. The van der Waals surface area contributed by atoms with Crippen LogP contribution < -0.4 is 4.74 Å². The molecule has 40 heavy (non-hydrogen) atoms. The Kier molecular flexibility index (Phi) is 8.40. The average Bonchev–Trinajstić information content (AvgIpc) is 3.28. The molecule has 2 aliphatic rings. The minimum atomic E-state index is -0.622. The van der Waals surface area contributed by atoms with E-state index in [-0.39, 0.29) is 36.3 Å². The SMILES string of the molecule is CCC(=O)CCC(C(C)=O)N1Cc2c(OCc3ccc(CN4CCc5ccc(F)cc5C4)cc3)cccc2C1=O. The summed E-state index contributed by atoms with van der Waals surface area (Å²) in [4.78, 5) is 41.3. The molecule has 5 rings (SSSR count). The molecule has 0 spiro atoms. The summed E-state index contributed by atoms with van der Waals surface area (Å²) in [6.45, 7) is 6.39. The number of hydrogen-bond acceptors (Lipinski definition) is 5. The van der Waals surface area contributed by atoms with Gasteiger partial charge >= 0.3 is 0 Å². The molecule has 0 saturated heterocycles. The number of fused-ring (bicyclic) bond motifs is 2. The Hall–Kier alpha value is -3.84. The standard InChI is InChI=1S/C33H35FN2O4/c1-3-28(38)13-14-31(22(2)37)36-20-30-29(33(36)39)5-4-6-32(30)40-21-24-9-7-23(8-10-24)18-35-16-15-25-11-12-27(34)17-26(25)19-35/h4-12,17,31H,3,13-16,18-21H2,1-2H3. The lowest BCUT2D eigenvalue weighted by molar-refractivity contribution is -0.122. The smallest absolute Gasteiger partial charge is 0.255 e. The number of benzene rings is 3. The molecule has 0 bridgehead atoms. The van der Waals surface area contributed by atoms with Gasteiger partial charge in [0.05, 0.1) is 12.6 Å². The molecule has 208 valence electrons. The van der Waals surface area contributed by atoms with Crippen molar-refractivity contribution in [2.45, 2.75) is 71.8 Å². The van der Waals surface area contributed by atoms with Gasteiger partial charge in [0, 0.05) is 43.6 Å². The number of amides is 1. The Morgan fingerprint density at radius 3 is 2.52 bits per heavy atom. The van der Waals surface area contributed by atoms with Gasteiger partial charge in [-0.15, -0.1) is 0 Å². The molecule has 0 saturated carbocycles. The van der Waals surface area contributed by atoms with Crippen molar-refractivity contribution < 1.29 is 23.5 Å². The van der Waals surface area contributed by atoms with Crippen LogP contribution >= 0.6 is 0 Å². The number of halogens is 1. The zero-order valence-corrected chi connectivity index (χ0v) is 23.1. The van der Waals surface area contributed by atoms with Crippen molar-refractivity contribution in [2.24, 2.45) is 0 Å². The van der Waals surface area contributed by atoms with E-state index in [1.807, 2.05) is 24.3 Å². The van der Waals surface area contributed by atoms with Crippen LogP contribution in [0.25, 0.3) is 0 Å². The first-order valence-electron chi connectivity index (χ1n) is 14.0. The number of nitrogens with zero attached hydrogens (tertiary/aromatic N) is 2. The first-order valence-corrected chi connectivity index (χ1v) is 14.0. The molecule has 0 aliphatic carbocycles. The van der Waals surface area contributed by atoms with E-state index in [1.165, 1.54) is 24.1 Å². The molecule has 1 atom stereocenters. The Morgan fingerprint density at radius 2 is 1.77 bits per heavy atom. The predicted molar refractivity (Wildman–Crippen MR) is 150 cm³/mol. The van der Waals surface area contributed by atoms with Crippen molar-refractivity contribution in [3.8, 4) is 5.75 Å². The summed E-state index contributed by atoms with van der Waals surface area (Å²) in [5, 5.41) is 0. The summed E-state index contributed by atoms with van der Waals surface area (Å²) in [5.41, 5.74) is 5.80. The minimum absolute atomic E-state index is 0.0853. The van der Waals surface area contributed by atoms with Crippen molar-refractivity contribution in [1.29, 1.82) is 0 Å². The number of carbonyl (C=O) groups excluding carboxylic acids is 3. The molecular weight excluding hydrogens is 507 g/mol. The lowest BCUT2D eigenvalue weighted by Gasteiger charge is -2.28. The molecule has 1 amide bonds. The van der Waals surface area contributed by atoms with E-state index < -0.39 is 6.04 Å². The Balaban J connectivity index is 1.20. The van der Waals surface area contributed by atoms with E-state index in [1.54, 1.807) is 30.0 Å². The third kappa shape index (κ3) is 6.15. The van der Waals surface area contributed by atoms with Crippen LogP contribution in [0, 0.1) is 5.82 Å². The third-order valence-electron chi connectivity index (χ3n) is 7.97. The highest BCUT2D eigenvalue weighted by Gasteiger charge is 2.36. The van der Waals surface area contributed by atoms with Crippen LogP contribution in [0.3, 0.4) is 0 Å². The number of ketones is 2. The Morgan fingerprint density at radius 1 is 1.00 bits per heavy atom. The van der Waals surface area contributed by atoms with Gasteiger partial charge in [-0.1, -0.05) is 43.3 Å². The molecular formula is C33H35FN2O4. The van der Waals surface area contributed by atoms with Gasteiger partial charge in [-0.05, 0) is 66.3 Å². The largest absolute Gasteiger partial charge is 0.489 e. The van der Waals surface area contributed by atoms with Crippen LogP contribution in [-0.4, -0.2) is 39.9 Å². The normalized spacial score (nSPS) is 15.5. The van der Waals surface area contributed by atoms with Gasteiger partial charge in [0.2, 0.25) is 0 Å². The van der Waals surface area contributed by atoms with E-state index in [0.29, 0.717) is 30.8 Å². The second kappa shape index (κ2) is 12.1. The van der Waals surface area contributed by atoms with Crippen LogP contribution in [0.1, 0.15) is 71.3 Å². The van der Waals surface area contributed by atoms with Gasteiger partial charge in [0.25, 0.3) is 5.91 Å². The first kappa shape index (κ1) is 27.7. The van der Waals surface area contributed by atoms with Gasteiger partial charge in [0.1, 0.15) is 24.0 Å². The van der Waals surface area contributed by atoms with Crippen molar-refractivity contribution in [3.63, 3.8) is 0 Å². The van der Waals surface area contributed by atoms with Gasteiger partial charge in [-0.3, -0.25) is 19.3 Å². The van der Waals surface area contributed by atoms with Crippen molar-refractivity contribution >= 4 is 17.5 Å². The number of Topliss-reactive ketones (excluding diaryl/α,β-unsaturated/α-hetero) is 2. The van der Waals surface area contributed by atoms with Crippen LogP contribution in [0.5, 0.6) is 5.75 Å². The summed E-state index contributed by atoms with van der Waals surface area (Å²) in [6, 6.07) is 18.1. The summed E-state index contributed by atoms with van der Waals surface area (Å²) < 4.78 is 19.8.